The molecule has 2 amide bonds. The molecule has 1 saturated heterocycles. The van der Waals surface area contributed by atoms with Crippen LogP contribution in [0.5, 0.6) is 0 Å². The lowest BCUT2D eigenvalue weighted by molar-refractivity contribution is -0.144. The molecule has 3 aromatic rings. The smallest absolute Gasteiger partial charge is 0.248 e. The summed E-state index contributed by atoms with van der Waals surface area (Å²) in [6.07, 6.45) is 6.22. The van der Waals surface area contributed by atoms with E-state index in [1.807, 2.05) is 20.8 Å². The second-order valence-corrected chi connectivity index (χ2v) is 11.6. The van der Waals surface area contributed by atoms with Gasteiger partial charge in [-0.1, -0.05) is 32.1 Å². The monoisotopic (exact) mass is 541 g/mol. The lowest BCUT2D eigenvalue weighted by Crippen LogP contribution is -2.51. The topological polar surface area (TPSA) is 118 Å². The molecule has 1 unspecified atom stereocenters. The summed E-state index contributed by atoms with van der Waals surface area (Å²) in [5.41, 5.74) is 0.564. The van der Waals surface area contributed by atoms with Crippen LogP contribution in [0.15, 0.2) is 36.8 Å². The zero-order valence-electron chi connectivity index (χ0n) is 22.4. The third-order valence-corrected chi connectivity index (χ3v) is 7.39. The van der Waals surface area contributed by atoms with E-state index in [2.05, 4.69) is 20.6 Å². The first-order valence-electron chi connectivity index (χ1n) is 13.1. The summed E-state index contributed by atoms with van der Waals surface area (Å²) in [5, 5.41) is 21.9. The van der Waals surface area contributed by atoms with Crippen molar-refractivity contribution in [2.24, 2.45) is 12.5 Å². The molecule has 2 fully saturated rings. The Morgan fingerprint density at radius 3 is 2.54 bits per heavy atom. The number of nitrogens with zero attached hydrogens (tertiary/aromatic N) is 6. The summed E-state index contributed by atoms with van der Waals surface area (Å²) in [6, 6.07) is 0.717. The van der Waals surface area contributed by atoms with Crippen LogP contribution in [0.4, 0.5) is 8.78 Å². The first-order valence-corrected chi connectivity index (χ1v) is 13.1. The number of benzene rings is 1. The number of likely N-dealkylation sites (tertiary alicyclic amines) is 1. The van der Waals surface area contributed by atoms with Crippen LogP contribution in [-0.2, 0) is 16.6 Å². The molecule has 208 valence electrons. The summed E-state index contributed by atoms with van der Waals surface area (Å²) >= 11 is 0. The minimum atomic E-state index is -1.06. The fraction of sp³-hybridized carbons (Fsp3) is 0.519. The number of aliphatic hydroxyl groups excluding tert-OH is 1. The molecule has 2 aromatic heterocycles. The first-order chi connectivity index (χ1) is 18.4. The van der Waals surface area contributed by atoms with Gasteiger partial charge in [-0.05, 0) is 36.0 Å². The number of β-amino-alcohol motifs (C(OH)–C–C–N with tert-alkyl or cyclic N) is 1. The van der Waals surface area contributed by atoms with Gasteiger partial charge in [0.2, 0.25) is 11.8 Å². The van der Waals surface area contributed by atoms with E-state index in [9.17, 15) is 23.5 Å². The number of aromatic nitrogens is 5. The van der Waals surface area contributed by atoms with Crippen molar-refractivity contribution in [1.82, 2.24) is 34.8 Å². The third kappa shape index (κ3) is 5.42. The highest BCUT2D eigenvalue weighted by Crippen LogP contribution is 2.40. The van der Waals surface area contributed by atoms with Gasteiger partial charge in [-0.15, -0.1) is 5.10 Å². The summed E-state index contributed by atoms with van der Waals surface area (Å²) in [4.78, 5) is 33.4. The molecule has 5 rings (SSSR count). The molecule has 39 heavy (non-hydrogen) atoms. The van der Waals surface area contributed by atoms with Gasteiger partial charge in [0.25, 0.3) is 0 Å². The van der Waals surface area contributed by atoms with Crippen LogP contribution in [0.25, 0.3) is 0 Å². The van der Waals surface area contributed by atoms with Crippen molar-refractivity contribution in [3.63, 3.8) is 0 Å². The molecule has 0 spiro atoms. The fourth-order valence-electron chi connectivity index (χ4n) is 5.21. The molecule has 0 bridgehead atoms. The van der Waals surface area contributed by atoms with Gasteiger partial charge in [0.05, 0.1) is 11.8 Å². The fourth-order valence-corrected chi connectivity index (χ4v) is 5.21. The van der Waals surface area contributed by atoms with E-state index in [0.717, 1.165) is 30.7 Å². The molecule has 4 atom stereocenters. The molecular formula is C27H33F2N7O3. The van der Waals surface area contributed by atoms with Gasteiger partial charge < -0.3 is 19.9 Å². The largest absolute Gasteiger partial charge is 0.391 e. The lowest BCUT2D eigenvalue weighted by Gasteiger charge is -2.35. The number of amides is 2. The Balaban J connectivity index is 1.43. The van der Waals surface area contributed by atoms with Crippen molar-refractivity contribution in [1.29, 1.82) is 0 Å². The van der Waals surface area contributed by atoms with Crippen LogP contribution in [0, 0.1) is 17.0 Å². The number of aryl methyl sites for hydroxylation is 1. The number of hydrogen-bond donors (Lipinski definition) is 2. The van der Waals surface area contributed by atoms with Crippen molar-refractivity contribution in [3.8, 4) is 0 Å². The molecule has 2 aliphatic rings. The Morgan fingerprint density at radius 1 is 1.18 bits per heavy atom. The van der Waals surface area contributed by atoms with Gasteiger partial charge in [0, 0.05) is 44.5 Å². The van der Waals surface area contributed by atoms with Crippen LogP contribution < -0.4 is 5.32 Å². The highest BCUT2D eigenvalue weighted by atomic mass is 19.2. The van der Waals surface area contributed by atoms with Gasteiger partial charge in [-0.2, -0.15) is 0 Å². The minimum Gasteiger partial charge on any atom is -0.391 e. The van der Waals surface area contributed by atoms with E-state index in [1.54, 1.807) is 28.7 Å². The molecule has 1 aliphatic heterocycles. The molecular weight excluding hydrogens is 508 g/mol. The zero-order chi connectivity index (χ0) is 28.1. The third-order valence-electron chi connectivity index (χ3n) is 7.39. The second-order valence-electron chi connectivity index (χ2n) is 11.6. The molecule has 10 nitrogen and oxygen atoms in total. The SMILES string of the molecule is Cn1ccnc1C(NC(=O)[C@@H]1C[C@@H](O)CN1C(=O)[C@@H](n1cc(C2CC2)nn1)C(C)(C)C)c1ccc(F)c(F)c1. The Kier molecular flexibility index (Phi) is 7.00. The maximum absolute atomic E-state index is 14.1. The van der Waals surface area contributed by atoms with Gasteiger partial charge >= 0.3 is 0 Å². The number of imidazole rings is 1. The number of hydrogen-bond acceptors (Lipinski definition) is 6. The average molecular weight is 542 g/mol. The van der Waals surface area contributed by atoms with Crippen LogP contribution >= 0.6 is 0 Å². The van der Waals surface area contributed by atoms with E-state index < -0.39 is 47.2 Å². The molecule has 2 N–H and O–H groups in total. The predicted octanol–water partition coefficient (Wildman–Crippen LogP) is 2.62. The Labute approximate surface area is 225 Å². The number of carbonyl (C=O) groups is 2. The summed E-state index contributed by atoms with van der Waals surface area (Å²) in [5.74, 6) is -2.20. The first kappa shape index (κ1) is 26.9. The standard InChI is InChI=1S/C27H33F2N7O3/c1-27(2,3)23(36-14-20(32-33-36)15-5-6-15)26(39)35-13-17(37)12-21(35)25(38)31-22(24-30-9-10-34(24)4)16-7-8-18(28)19(29)11-16/h7-11,14-15,17,21-23,37H,5-6,12-13H2,1-4H3,(H,31,38)/t17-,21+,22?,23-/m1/s1. The summed E-state index contributed by atoms with van der Waals surface area (Å²) < 4.78 is 31.0. The van der Waals surface area contributed by atoms with Crippen molar-refractivity contribution in [3.05, 3.63) is 65.5 Å². The van der Waals surface area contributed by atoms with E-state index in [0.29, 0.717) is 11.7 Å². The average Bonchev–Trinajstić information content (AvgIpc) is 3.24. The van der Waals surface area contributed by atoms with Crippen LogP contribution in [-0.4, -0.2) is 65.1 Å². The van der Waals surface area contributed by atoms with Crippen LogP contribution in [0.1, 0.15) is 75.1 Å². The summed E-state index contributed by atoms with van der Waals surface area (Å²) in [7, 11) is 1.72. The maximum Gasteiger partial charge on any atom is 0.248 e. The van der Waals surface area contributed by atoms with Gasteiger partial charge in [-0.3, -0.25) is 9.59 Å². The quantitative estimate of drug-likeness (QED) is 0.475. The zero-order valence-corrected chi connectivity index (χ0v) is 22.4. The highest BCUT2D eigenvalue weighted by Gasteiger charge is 2.46. The number of carbonyl (C=O) groups excluding carboxylic acids is 2. The van der Waals surface area contributed by atoms with Gasteiger partial charge in [0.15, 0.2) is 11.6 Å². The number of halogens is 2. The minimum absolute atomic E-state index is 0.0219. The van der Waals surface area contributed by atoms with Crippen LogP contribution in [0.3, 0.4) is 0 Å². The van der Waals surface area contributed by atoms with Gasteiger partial charge in [0.1, 0.15) is 23.9 Å². The molecule has 1 aromatic carbocycles. The molecule has 1 aliphatic carbocycles. The van der Waals surface area contributed by atoms with Gasteiger partial charge in [-0.25, -0.2) is 18.4 Å². The highest BCUT2D eigenvalue weighted by molar-refractivity contribution is 5.90. The van der Waals surface area contributed by atoms with E-state index in [4.69, 9.17) is 0 Å². The van der Waals surface area contributed by atoms with E-state index >= 15 is 0 Å². The molecule has 3 heterocycles. The molecule has 12 heteroatoms. The summed E-state index contributed by atoms with van der Waals surface area (Å²) in [6.45, 7) is 5.72. The normalized spacial score (nSPS) is 21.2. The predicted molar refractivity (Wildman–Crippen MR) is 136 cm³/mol. The second kappa shape index (κ2) is 10.1. The molecule has 0 radical (unpaired) electrons. The number of rotatable bonds is 7. The maximum atomic E-state index is 14.1. The molecule has 1 saturated carbocycles. The van der Waals surface area contributed by atoms with E-state index in [-0.39, 0.29) is 24.4 Å². The Bertz CT molecular complexity index is 1380. The van der Waals surface area contributed by atoms with Crippen molar-refractivity contribution >= 4 is 11.8 Å². The van der Waals surface area contributed by atoms with Crippen molar-refractivity contribution in [2.75, 3.05) is 6.54 Å². The van der Waals surface area contributed by atoms with Crippen molar-refractivity contribution in [2.45, 2.75) is 70.2 Å². The lowest BCUT2D eigenvalue weighted by atomic mass is 9.85. The van der Waals surface area contributed by atoms with Crippen molar-refractivity contribution < 1.29 is 23.5 Å². The van der Waals surface area contributed by atoms with Crippen LogP contribution in [0.2, 0.25) is 0 Å². The Morgan fingerprint density at radius 2 is 1.92 bits per heavy atom. The van der Waals surface area contributed by atoms with E-state index in [1.165, 1.54) is 17.2 Å². The number of nitrogens with one attached hydrogen (secondary N) is 1. The number of aliphatic hydroxyl groups is 1. The Hall–Kier alpha value is -3.67.